The first-order valence-corrected chi connectivity index (χ1v) is 5.40. The van der Waals surface area contributed by atoms with Crippen molar-refractivity contribution in [2.75, 3.05) is 19.6 Å². The Hall–Kier alpha value is -0.120. The van der Waals surface area contributed by atoms with E-state index in [1.165, 1.54) is 19.3 Å². The van der Waals surface area contributed by atoms with E-state index in [4.69, 9.17) is 0 Å². The lowest BCUT2D eigenvalue weighted by molar-refractivity contribution is -0.0249. The van der Waals surface area contributed by atoms with Crippen LogP contribution in [0.15, 0.2) is 0 Å². The Bertz CT molecular complexity index is 139. The van der Waals surface area contributed by atoms with E-state index >= 15 is 0 Å². The lowest BCUT2D eigenvalue weighted by Crippen LogP contribution is -2.54. The van der Waals surface area contributed by atoms with Gasteiger partial charge in [-0.25, -0.2) is 0 Å². The van der Waals surface area contributed by atoms with Gasteiger partial charge in [0.05, 0.1) is 0 Å². The first-order valence-electron chi connectivity index (χ1n) is 5.40. The van der Waals surface area contributed by atoms with Crippen LogP contribution in [0.5, 0.6) is 0 Å². The van der Waals surface area contributed by atoms with Gasteiger partial charge in [0, 0.05) is 25.7 Å². The van der Waals surface area contributed by atoms with Crippen LogP contribution in [0, 0.1) is 0 Å². The Labute approximate surface area is 81.1 Å². The predicted molar refractivity (Wildman–Crippen MR) is 54.6 cm³/mol. The highest BCUT2D eigenvalue weighted by atomic mass is 16.3. The first kappa shape index (κ1) is 11.0. The van der Waals surface area contributed by atoms with Gasteiger partial charge in [-0.3, -0.25) is 4.90 Å². The zero-order valence-corrected chi connectivity index (χ0v) is 8.79. The SMILES string of the molecule is CCCCC1CNCCN1C(C)O. The molecule has 0 saturated carbocycles. The number of rotatable bonds is 4. The number of piperazine rings is 1. The van der Waals surface area contributed by atoms with Gasteiger partial charge in [0.1, 0.15) is 6.23 Å². The molecule has 2 atom stereocenters. The summed E-state index contributed by atoms with van der Waals surface area (Å²) < 4.78 is 0. The lowest BCUT2D eigenvalue weighted by Gasteiger charge is -2.38. The Balaban J connectivity index is 2.37. The minimum atomic E-state index is -0.288. The van der Waals surface area contributed by atoms with Gasteiger partial charge in [0.15, 0.2) is 0 Å². The average Bonchev–Trinajstić information content (AvgIpc) is 2.15. The standard InChI is InChI=1S/C10H22N2O/c1-3-4-5-10-8-11-6-7-12(10)9(2)13/h9-11,13H,3-8H2,1-2H3. The fraction of sp³-hybridized carbons (Fsp3) is 1.00. The topological polar surface area (TPSA) is 35.5 Å². The number of aliphatic hydroxyl groups is 1. The Morgan fingerprint density at radius 3 is 3.00 bits per heavy atom. The molecule has 0 radical (unpaired) electrons. The first-order chi connectivity index (χ1) is 6.25. The van der Waals surface area contributed by atoms with Gasteiger partial charge in [0.25, 0.3) is 0 Å². The van der Waals surface area contributed by atoms with Crippen LogP contribution >= 0.6 is 0 Å². The summed E-state index contributed by atoms with van der Waals surface area (Å²) >= 11 is 0. The third-order valence-electron chi connectivity index (χ3n) is 2.77. The van der Waals surface area contributed by atoms with Crippen LogP contribution in [-0.4, -0.2) is 41.9 Å². The van der Waals surface area contributed by atoms with Gasteiger partial charge in [-0.15, -0.1) is 0 Å². The summed E-state index contributed by atoms with van der Waals surface area (Å²) in [5.41, 5.74) is 0. The third-order valence-corrected chi connectivity index (χ3v) is 2.77. The van der Waals surface area contributed by atoms with Crippen molar-refractivity contribution in [2.24, 2.45) is 0 Å². The molecule has 3 heteroatoms. The maximum Gasteiger partial charge on any atom is 0.104 e. The minimum Gasteiger partial charge on any atom is -0.379 e. The smallest absolute Gasteiger partial charge is 0.104 e. The molecule has 0 amide bonds. The second-order valence-electron chi connectivity index (χ2n) is 3.87. The molecule has 1 fully saturated rings. The number of hydrogen-bond acceptors (Lipinski definition) is 3. The van der Waals surface area contributed by atoms with Crippen molar-refractivity contribution < 1.29 is 5.11 Å². The van der Waals surface area contributed by atoms with E-state index in [1.807, 2.05) is 6.92 Å². The van der Waals surface area contributed by atoms with Crippen molar-refractivity contribution in [3.63, 3.8) is 0 Å². The molecule has 0 aromatic carbocycles. The molecule has 0 bridgehead atoms. The van der Waals surface area contributed by atoms with Crippen molar-refractivity contribution in [1.82, 2.24) is 10.2 Å². The van der Waals surface area contributed by atoms with E-state index in [-0.39, 0.29) is 6.23 Å². The number of aliphatic hydroxyl groups excluding tert-OH is 1. The maximum absolute atomic E-state index is 9.55. The summed E-state index contributed by atoms with van der Waals surface area (Å²) in [7, 11) is 0. The molecule has 0 aromatic rings. The third kappa shape index (κ3) is 3.25. The van der Waals surface area contributed by atoms with Crippen LogP contribution in [-0.2, 0) is 0 Å². The van der Waals surface area contributed by atoms with Crippen molar-refractivity contribution in [1.29, 1.82) is 0 Å². The molecular weight excluding hydrogens is 164 g/mol. The molecule has 2 N–H and O–H groups in total. The van der Waals surface area contributed by atoms with E-state index < -0.39 is 0 Å². The predicted octanol–water partition coefficient (Wildman–Crippen LogP) is 0.789. The molecule has 13 heavy (non-hydrogen) atoms. The molecule has 1 rings (SSSR count). The van der Waals surface area contributed by atoms with Crippen LogP contribution in [0.2, 0.25) is 0 Å². The highest BCUT2D eigenvalue weighted by molar-refractivity contribution is 4.79. The molecule has 3 nitrogen and oxygen atoms in total. The summed E-state index contributed by atoms with van der Waals surface area (Å²) in [6.45, 7) is 7.09. The number of nitrogens with zero attached hydrogens (tertiary/aromatic N) is 1. The van der Waals surface area contributed by atoms with E-state index in [2.05, 4.69) is 17.1 Å². The second-order valence-corrected chi connectivity index (χ2v) is 3.87. The van der Waals surface area contributed by atoms with Crippen LogP contribution in [0.4, 0.5) is 0 Å². The zero-order chi connectivity index (χ0) is 9.68. The van der Waals surface area contributed by atoms with Gasteiger partial charge in [-0.05, 0) is 13.3 Å². The van der Waals surface area contributed by atoms with Crippen LogP contribution < -0.4 is 5.32 Å². The number of unbranched alkanes of at least 4 members (excludes halogenated alkanes) is 1. The quantitative estimate of drug-likeness (QED) is 0.681. The minimum absolute atomic E-state index is 0.288. The molecule has 78 valence electrons. The summed E-state index contributed by atoms with van der Waals surface area (Å²) in [4.78, 5) is 2.20. The summed E-state index contributed by atoms with van der Waals surface area (Å²) in [6, 6.07) is 0.536. The van der Waals surface area contributed by atoms with Gasteiger partial charge in [-0.2, -0.15) is 0 Å². The second kappa shape index (κ2) is 5.58. The zero-order valence-electron chi connectivity index (χ0n) is 8.79. The molecule has 0 aromatic heterocycles. The highest BCUT2D eigenvalue weighted by Gasteiger charge is 2.24. The molecule has 1 heterocycles. The van der Waals surface area contributed by atoms with Gasteiger partial charge in [-0.1, -0.05) is 19.8 Å². The van der Waals surface area contributed by atoms with Crippen LogP contribution in [0.25, 0.3) is 0 Å². The maximum atomic E-state index is 9.55. The van der Waals surface area contributed by atoms with Crippen molar-refractivity contribution >= 4 is 0 Å². The Kier molecular flexibility index (Phi) is 4.70. The molecule has 1 aliphatic rings. The van der Waals surface area contributed by atoms with E-state index in [1.54, 1.807) is 0 Å². The van der Waals surface area contributed by atoms with Gasteiger partial charge in [0.2, 0.25) is 0 Å². The number of hydrogen-bond donors (Lipinski definition) is 2. The van der Waals surface area contributed by atoms with Crippen molar-refractivity contribution in [3.8, 4) is 0 Å². The van der Waals surface area contributed by atoms with Crippen molar-refractivity contribution in [2.45, 2.75) is 45.4 Å². The summed E-state index contributed by atoms with van der Waals surface area (Å²) in [5.74, 6) is 0. The van der Waals surface area contributed by atoms with Crippen LogP contribution in [0.1, 0.15) is 33.1 Å². The van der Waals surface area contributed by atoms with E-state index in [0.717, 1.165) is 19.6 Å². The molecule has 0 spiro atoms. The summed E-state index contributed by atoms with van der Waals surface area (Å²) in [6.07, 6.45) is 3.41. The van der Waals surface area contributed by atoms with Gasteiger partial charge < -0.3 is 10.4 Å². The highest BCUT2D eigenvalue weighted by Crippen LogP contribution is 2.12. The molecule has 0 aliphatic carbocycles. The van der Waals surface area contributed by atoms with Crippen LogP contribution in [0.3, 0.4) is 0 Å². The summed E-state index contributed by atoms with van der Waals surface area (Å²) in [5, 5.41) is 12.9. The number of nitrogens with one attached hydrogen (secondary N) is 1. The van der Waals surface area contributed by atoms with Gasteiger partial charge >= 0.3 is 0 Å². The normalized spacial score (nSPS) is 27.5. The fourth-order valence-electron chi connectivity index (χ4n) is 1.98. The molecular formula is C10H22N2O. The molecule has 1 aliphatic heterocycles. The Morgan fingerprint density at radius 2 is 2.38 bits per heavy atom. The average molecular weight is 186 g/mol. The fourth-order valence-corrected chi connectivity index (χ4v) is 1.98. The Morgan fingerprint density at radius 1 is 1.62 bits per heavy atom. The van der Waals surface area contributed by atoms with E-state index in [9.17, 15) is 5.11 Å². The van der Waals surface area contributed by atoms with E-state index in [0.29, 0.717) is 6.04 Å². The molecule has 1 saturated heterocycles. The largest absolute Gasteiger partial charge is 0.379 e. The van der Waals surface area contributed by atoms with Crippen molar-refractivity contribution in [3.05, 3.63) is 0 Å². The lowest BCUT2D eigenvalue weighted by atomic mass is 10.1. The molecule has 2 unspecified atom stereocenters. The monoisotopic (exact) mass is 186 g/mol.